The SMILES string of the molecule is C/C(=C\CCC(C)(O)COc1ccc(CC2SC(=O)NC2=O)cc1)C(=O)/C(C)=C(\C)C=O. The topological polar surface area (TPSA) is 110 Å². The molecule has 2 rings (SSSR count). The Labute approximate surface area is 192 Å². The number of Topliss-reactive ketones (excluding diaryl/α,β-unsaturated/α-hetero) is 1. The maximum atomic E-state index is 12.3. The van der Waals surface area contributed by atoms with Crippen molar-refractivity contribution in [1.82, 2.24) is 5.32 Å². The zero-order valence-electron chi connectivity index (χ0n) is 18.8. The van der Waals surface area contributed by atoms with E-state index in [0.29, 0.717) is 48.0 Å². The molecular formula is C24H29NO6S. The minimum Gasteiger partial charge on any atom is -0.491 e. The molecule has 1 heterocycles. The number of carbonyl (C=O) groups is 4. The first-order valence-corrected chi connectivity index (χ1v) is 11.2. The second-order valence-electron chi connectivity index (χ2n) is 8.20. The number of ether oxygens (including phenoxy) is 1. The van der Waals surface area contributed by atoms with Crippen LogP contribution in [-0.2, 0) is 20.8 Å². The molecule has 1 aromatic rings. The van der Waals surface area contributed by atoms with Crippen molar-refractivity contribution in [3.63, 3.8) is 0 Å². The third-order valence-electron chi connectivity index (χ3n) is 5.26. The minimum atomic E-state index is -1.10. The predicted octanol–water partition coefficient (Wildman–Crippen LogP) is 3.54. The van der Waals surface area contributed by atoms with Crippen LogP contribution in [-0.4, -0.2) is 45.8 Å². The zero-order chi connectivity index (χ0) is 23.9. The smallest absolute Gasteiger partial charge is 0.286 e. The van der Waals surface area contributed by atoms with Crippen LogP contribution < -0.4 is 10.1 Å². The number of imide groups is 1. The second-order valence-corrected chi connectivity index (χ2v) is 9.37. The van der Waals surface area contributed by atoms with Crippen molar-refractivity contribution in [2.75, 3.05) is 6.61 Å². The molecule has 32 heavy (non-hydrogen) atoms. The number of hydrogen-bond donors (Lipinski definition) is 2. The summed E-state index contributed by atoms with van der Waals surface area (Å²) in [5.41, 5.74) is 1.18. The zero-order valence-corrected chi connectivity index (χ0v) is 19.6. The molecular weight excluding hydrogens is 430 g/mol. The quantitative estimate of drug-likeness (QED) is 0.385. The van der Waals surface area contributed by atoms with Crippen LogP contribution in [0.25, 0.3) is 0 Å². The Balaban J connectivity index is 1.83. The van der Waals surface area contributed by atoms with Gasteiger partial charge in [0, 0.05) is 5.57 Å². The maximum Gasteiger partial charge on any atom is 0.286 e. The third-order valence-corrected chi connectivity index (χ3v) is 6.24. The van der Waals surface area contributed by atoms with Crippen LogP contribution in [0.2, 0.25) is 0 Å². The summed E-state index contributed by atoms with van der Waals surface area (Å²) in [6.07, 6.45) is 3.76. The summed E-state index contributed by atoms with van der Waals surface area (Å²) in [5, 5.41) is 12.1. The Bertz CT molecular complexity index is 946. The molecule has 0 radical (unpaired) electrons. The number of thioether (sulfide) groups is 1. The van der Waals surface area contributed by atoms with Gasteiger partial charge in [0.1, 0.15) is 18.6 Å². The minimum absolute atomic E-state index is 0.0751. The molecule has 1 aromatic carbocycles. The van der Waals surface area contributed by atoms with E-state index in [1.54, 1.807) is 45.9 Å². The molecule has 2 N–H and O–H groups in total. The largest absolute Gasteiger partial charge is 0.491 e. The lowest BCUT2D eigenvalue weighted by Crippen LogP contribution is -2.32. The molecule has 1 saturated heterocycles. The van der Waals surface area contributed by atoms with E-state index in [1.165, 1.54) is 0 Å². The van der Waals surface area contributed by atoms with E-state index in [1.807, 2.05) is 12.1 Å². The van der Waals surface area contributed by atoms with Crippen molar-refractivity contribution in [3.05, 3.63) is 52.6 Å². The molecule has 0 spiro atoms. The molecule has 8 heteroatoms. The van der Waals surface area contributed by atoms with Crippen molar-refractivity contribution in [1.29, 1.82) is 0 Å². The van der Waals surface area contributed by atoms with Crippen molar-refractivity contribution in [2.45, 2.75) is 57.8 Å². The fourth-order valence-electron chi connectivity index (χ4n) is 3.03. The first-order valence-electron chi connectivity index (χ1n) is 10.3. The van der Waals surface area contributed by atoms with Gasteiger partial charge >= 0.3 is 0 Å². The van der Waals surface area contributed by atoms with Gasteiger partial charge < -0.3 is 9.84 Å². The number of aliphatic hydroxyl groups is 1. The van der Waals surface area contributed by atoms with Crippen LogP contribution in [0.5, 0.6) is 5.75 Å². The van der Waals surface area contributed by atoms with Gasteiger partial charge in [-0.2, -0.15) is 0 Å². The number of hydrogen-bond acceptors (Lipinski definition) is 7. The van der Waals surface area contributed by atoms with Gasteiger partial charge in [-0.05, 0) is 75.8 Å². The van der Waals surface area contributed by atoms with Gasteiger partial charge in [0.25, 0.3) is 5.24 Å². The third kappa shape index (κ3) is 7.46. The first-order chi connectivity index (χ1) is 15.0. The molecule has 0 saturated carbocycles. The van der Waals surface area contributed by atoms with E-state index in [2.05, 4.69) is 5.32 Å². The number of benzene rings is 1. The van der Waals surface area contributed by atoms with Gasteiger partial charge in [-0.1, -0.05) is 30.0 Å². The summed E-state index contributed by atoms with van der Waals surface area (Å²) in [7, 11) is 0. The van der Waals surface area contributed by atoms with E-state index < -0.39 is 10.9 Å². The van der Waals surface area contributed by atoms with Crippen LogP contribution in [0.4, 0.5) is 4.79 Å². The summed E-state index contributed by atoms with van der Waals surface area (Å²) in [5.74, 6) is 0.136. The van der Waals surface area contributed by atoms with Crippen molar-refractivity contribution in [3.8, 4) is 5.75 Å². The highest BCUT2D eigenvalue weighted by atomic mass is 32.2. The van der Waals surface area contributed by atoms with Gasteiger partial charge in [0.2, 0.25) is 5.91 Å². The molecule has 1 aliphatic rings. The van der Waals surface area contributed by atoms with Gasteiger partial charge in [-0.15, -0.1) is 0 Å². The van der Waals surface area contributed by atoms with Crippen LogP contribution in [0.1, 0.15) is 46.1 Å². The lowest BCUT2D eigenvalue weighted by molar-refractivity contribution is -0.119. The summed E-state index contributed by atoms with van der Waals surface area (Å²) < 4.78 is 5.70. The van der Waals surface area contributed by atoms with Crippen LogP contribution in [0, 0.1) is 0 Å². The number of rotatable bonds is 11. The molecule has 2 amide bonds. The molecule has 2 atom stereocenters. The number of nitrogens with one attached hydrogen (secondary N) is 1. The van der Waals surface area contributed by atoms with Crippen LogP contribution in [0.15, 0.2) is 47.1 Å². The molecule has 0 aliphatic carbocycles. The van der Waals surface area contributed by atoms with E-state index in [9.17, 15) is 24.3 Å². The Morgan fingerprint density at radius 3 is 2.44 bits per heavy atom. The molecule has 2 unspecified atom stereocenters. The number of ketones is 1. The van der Waals surface area contributed by atoms with E-state index >= 15 is 0 Å². The Hall–Kier alpha value is -2.71. The number of aldehydes is 1. The highest BCUT2D eigenvalue weighted by Crippen LogP contribution is 2.24. The van der Waals surface area contributed by atoms with Gasteiger partial charge in [-0.25, -0.2) is 0 Å². The van der Waals surface area contributed by atoms with E-state index in [0.717, 1.165) is 17.3 Å². The lowest BCUT2D eigenvalue weighted by Gasteiger charge is -2.23. The Kier molecular flexibility index (Phi) is 8.98. The van der Waals surface area contributed by atoms with E-state index in [4.69, 9.17) is 4.74 Å². The van der Waals surface area contributed by atoms with Crippen LogP contribution in [0.3, 0.4) is 0 Å². The van der Waals surface area contributed by atoms with Gasteiger partial charge in [0.15, 0.2) is 5.78 Å². The fourth-order valence-corrected chi connectivity index (χ4v) is 3.89. The lowest BCUT2D eigenvalue weighted by atomic mass is 9.97. The van der Waals surface area contributed by atoms with Crippen molar-refractivity contribution < 1.29 is 29.0 Å². The van der Waals surface area contributed by atoms with Gasteiger partial charge in [-0.3, -0.25) is 24.5 Å². The summed E-state index contributed by atoms with van der Waals surface area (Å²) in [6, 6.07) is 7.18. The summed E-state index contributed by atoms with van der Waals surface area (Å²) in [4.78, 5) is 46.0. The maximum absolute atomic E-state index is 12.3. The Morgan fingerprint density at radius 1 is 1.22 bits per heavy atom. The van der Waals surface area contributed by atoms with Crippen LogP contribution >= 0.6 is 11.8 Å². The number of allylic oxidation sites excluding steroid dienone is 4. The first kappa shape index (κ1) is 25.5. The highest BCUT2D eigenvalue weighted by Gasteiger charge is 2.31. The van der Waals surface area contributed by atoms with Crippen molar-refractivity contribution >= 4 is 35.0 Å². The van der Waals surface area contributed by atoms with E-state index in [-0.39, 0.29) is 23.5 Å². The predicted molar refractivity (Wildman–Crippen MR) is 124 cm³/mol. The summed E-state index contributed by atoms with van der Waals surface area (Å²) in [6.45, 7) is 6.67. The fraction of sp³-hybridized carbons (Fsp3) is 0.417. The average molecular weight is 460 g/mol. The number of amides is 2. The molecule has 1 fully saturated rings. The van der Waals surface area contributed by atoms with Crippen molar-refractivity contribution in [2.24, 2.45) is 0 Å². The molecule has 7 nitrogen and oxygen atoms in total. The normalized spacial score (nSPS) is 19.2. The molecule has 0 aromatic heterocycles. The molecule has 172 valence electrons. The molecule has 1 aliphatic heterocycles. The summed E-state index contributed by atoms with van der Waals surface area (Å²) >= 11 is 0.994. The average Bonchev–Trinajstić information content (AvgIpc) is 3.07. The monoisotopic (exact) mass is 459 g/mol. The Morgan fingerprint density at radius 2 is 1.88 bits per heavy atom. The second kappa shape index (κ2) is 11.2. The molecule has 0 bridgehead atoms. The highest BCUT2D eigenvalue weighted by molar-refractivity contribution is 8.15. The van der Waals surface area contributed by atoms with Gasteiger partial charge in [0.05, 0.1) is 10.9 Å². The number of carbonyl (C=O) groups excluding carboxylic acids is 4. The standard InChI is InChI=1S/C24H29NO6S/c1-15(21(27)17(3)16(2)13-26)6-5-11-24(4,30)14-31-19-9-7-18(8-10-19)12-20-22(28)25-23(29)32-20/h6-10,13,20,30H,5,11-12,14H2,1-4H3,(H,25,28,29)/b15-6+,17-16+.